The van der Waals surface area contributed by atoms with E-state index in [1.54, 1.807) is 36.3 Å². The third-order valence-corrected chi connectivity index (χ3v) is 4.41. The molecule has 1 saturated heterocycles. The number of nitrogens with zero attached hydrogens (tertiary/aromatic N) is 1. The lowest BCUT2D eigenvalue weighted by Crippen LogP contribution is -2.40. The molecule has 1 unspecified atom stereocenters. The van der Waals surface area contributed by atoms with Crippen LogP contribution in [0.15, 0.2) is 48.5 Å². The van der Waals surface area contributed by atoms with Crippen LogP contribution in [0.5, 0.6) is 5.75 Å². The number of methoxy groups -OCH3 is 1. The number of hydrogen-bond acceptors (Lipinski definition) is 4. The van der Waals surface area contributed by atoms with Gasteiger partial charge in [0.25, 0.3) is 5.91 Å². The monoisotopic (exact) mass is 359 g/mol. The summed E-state index contributed by atoms with van der Waals surface area (Å²) in [6.45, 7) is 1.06. The van der Waals surface area contributed by atoms with E-state index < -0.39 is 11.4 Å². The first-order chi connectivity index (χ1) is 12.5. The van der Waals surface area contributed by atoms with E-state index in [0.29, 0.717) is 30.9 Å². The van der Waals surface area contributed by atoms with Crippen molar-refractivity contribution in [3.8, 4) is 5.75 Å². The molecular formula is C20H22FNO4. The number of carbonyl (C=O) groups excluding carboxylic acids is 1. The molecular weight excluding hydrogens is 337 g/mol. The topological polar surface area (TPSA) is 59.0 Å². The van der Waals surface area contributed by atoms with Gasteiger partial charge >= 0.3 is 0 Å². The number of rotatable bonds is 6. The molecule has 1 N–H and O–H groups in total. The fourth-order valence-electron chi connectivity index (χ4n) is 3.07. The van der Waals surface area contributed by atoms with E-state index >= 15 is 0 Å². The van der Waals surface area contributed by atoms with Crippen molar-refractivity contribution >= 4 is 5.91 Å². The van der Waals surface area contributed by atoms with Crippen LogP contribution in [0, 0.1) is 5.82 Å². The highest BCUT2D eigenvalue weighted by Crippen LogP contribution is 2.25. The molecule has 5 nitrogen and oxygen atoms in total. The zero-order valence-corrected chi connectivity index (χ0v) is 14.7. The van der Waals surface area contributed by atoms with Gasteiger partial charge in [0.1, 0.15) is 23.8 Å². The molecule has 2 aromatic carbocycles. The molecule has 0 saturated carbocycles. The Hall–Kier alpha value is -2.44. The van der Waals surface area contributed by atoms with E-state index in [-0.39, 0.29) is 19.1 Å². The van der Waals surface area contributed by atoms with E-state index in [1.165, 1.54) is 12.1 Å². The van der Waals surface area contributed by atoms with E-state index in [0.717, 1.165) is 5.56 Å². The maximum absolute atomic E-state index is 13.2. The Labute approximate surface area is 152 Å². The first kappa shape index (κ1) is 18.4. The lowest BCUT2D eigenvalue weighted by molar-refractivity contribution is 0.00422. The number of hydrogen-bond donors (Lipinski definition) is 1. The van der Waals surface area contributed by atoms with Gasteiger partial charge in [-0.3, -0.25) is 4.79 Å². The van der Waals surface area contributed by atoms with Crippen molar-refractivity contribution in [2.45, 2.75) is 18.6 Å². The molecule has 1 amide bonds. The van der Waals surface area contributed by atoms with Gasteiger partial charge in [0.2, 0.25) is 0 Å². The lowest BCUT2D eigenvalue weighted by atomic mass is 10.1. The molecule has 1 heterocycles. The minimum Gasteiger partial charge on any atom is -0.490 e. The molecule has 1 aliphatic rings. The Morgan fingerprint density at radius 3 is 2.85 bits per heavy atom. The standard InChI is InChI=1S/C20H22FNO4/c1-25-12-15-4-2-5-16(10-15)19(23)22-9-8-20(24,13-22)14-26-18-7-3-6-17(21)11-18/h2-7,10-11,24H,8-9,12-14H2,1H3. The minimum absolute atomic E-state index is 0.00392. The van der Waals surface area contributed by atoms with Crippen molar-refractivity contribution in [3.05, 3.63) is 65.5 Å². The van der Waals surface area contributed by atoms with Crippen LogP contribution in [0.1, 0.15) is 22.3 Å². The van der Waals surface area contributed by atoms with Crippen molar-refractivity contribution in [1.82, 2.24) is 4.90 Å². The number of carbonyl (C=O) groups is 1. The van der Waals surface area contributed by atoms with Gasteiger partial charge in [-0.25, -0.2) is 4.39 Å². The van der Waals surface area contributed by atoms with Gasteiger partial charge < -0.3 is 19.5 Å². The highest BCUT2D eigenvalue weighted by molar-refractivity contribution is 5.94. The van der Waals surface area contributed by atoms with Crippen LogP contribution in [-0.2, 0) is 11.3 Å². The maximum Gasteiger partial charge on any atom is 0.253 e. The highest BCUT2D eigenvalue weighted by atomic mass is 19.1. The second kappa shape index (κ2) is 7.85. The van der Waals surface area contributed by atoms with Crippen LogP contribution >= 0.6 is 0 Å². The predicted octanol–water partition coefficient (Wildman–Crippen LogP) is 2.63. The van der Waals surface area contributed by atoms with Crippen LogP contribution in [-0.4, -0.2) is 48.3 Å². The molecule has 1 fully saturated rings. The number of halogens is 1. The van der Waals surface area contributed by atoms with Crippen LogP contribution in [0.25, 0.3) is 0 Å². The summed E-state index contributed by atoms with van der Waals surface area (Å²) in [7, 11) is 1.60. The molecule has 3 rings (SSSR count). The average Bonchev–Trinajstić information content (AvgIpc) is 3.03. The zero-order chi connectivity index (χ0) is 18.6. The highest BCUT2D eigenvalue weighted by Gasteiger charge is 2.39. The Morgan fingerprint density at radius 1 is 1.27 bits per heavy atom. The molecule has 0 radical (unpaired) electrons. The van der Waals surface area contributed by atoms with E-state index in [2.05, 4.69) is 0 Å². The Kier molecular flexibility index (Phi) is 5.54. The van der Waals surface area contributed by atoms with E-state index in [9.17, 15) is 14.3 Å². The lowest BCUT2D eigenvalue weighted by Gasteiger charge is -2.23. The average molecular weight is 359 g/mol. The van der Waals surface area contributed by atoms with Crippen LogP contribution < -0.4 is 4.74 Å². The van der Waals surface area contributed by atoms with E-state index in [4.69, 9.17) is 9.47 Å². The van der Waals surface area contributed by atoms with Gasteiger partial charge in [0, 0.05) is 25.3 Å². The summed E-state index contributed by atoms with van der Waals surface area (Å²) in [5.41, 5.74) is 0.337. The predicted molar refractivity (Wildman–Crippen MR) is 94.5 cm³/mol. The summed E-state index contributed by atoms with van der Waals surface area (Å²) in [6, 6.07) is 13.0. The molecule has 1 atom stereocenters. The molecule has 138 valence electrons. The third kappa shape index (κ3) is 4.39. The SMILES string of the molecule is COCc1cccc(C(=O)N2CCC(O)(COc3cccc(F)c3)C2)c1. The second-order valence-electron chi connectivity index (χ2n) is 6.58. The normalized spacial score (nSPS) is 19.6. The van der Waals surface area contributed by atoms with Gasteiger partial charge in [0.05, 0.1) is 13.2 Å². The number of amides is 1. The summed E-state index contributed by atoms with van der Waals surface area (Å²) in [4.78, 5) is 14.3. The Morgan fingerprint density at radius 2 is 2.08 bits per heavy atom. The van der Waals surface area contributed by atoms with Gasteiger partial charge in [-0.05, 0) is 36.2 Å². The first-order valence-electron chi connectivity index (χ1n) is 8.47. The minimum atomic E-state index is -1.15. The van der Waals surface area contributed by atoms with Gasteiger partial charge in [-0.15, -0.1) is 0 Å². The van der Waals surface area contributed by atoms with Crippen LogP contribution in [0.4, 0.5) is 4.39 Å². The molecule has 6 heteroatoms. The summed E-state index contributed by atoms with van der Waals surface area (Å²) < 4.78 is 23.8. The Balaban J connectivity index is 1.61. The van der Waals surface area contributed by atoms with Gasteiger partial charge in [-0.1, -0.05) is 18.2 Å². The summed E-state index contributed by atoms with van der Waals surface area (Å²) >= 11 is 0. The fourth-order valence-corrected chi connectivity index (χ4v) is 3.07. The number of β-amino-alcohol motifs (C(OH)–C–C–N with tert-alkyl or cyclic N) is 1. The molecule has 26 heavy (non-hydrogen) atoms. The largest absolute Gasteiger partial charge is 0.490 e. The number of benzene rings is 2. The molecule has 2 aromatic rings. The van der Waals surface area contributed by atoms with Crippen molar-refractivity contribution < 1.29 is 23.8 Å². The third-order valence-electron chi connectivity index (χ3n) is 4.41. The molecule has 0 aromatic heterocycles. The van der Waals surface area contributed by atoms with E-state index in [1.807, 2.05) is 12.1 Å². The molecule has 0 bridgehead atoms. The summed E-state index contributed by atoms with van der Waals surface area (Å²) in [6.07, 6.45) is 0.409. The van der Waals surface area contributed by atoms with Crippen molar-refractivity contribution in [3.63, 3.8) is 0 Å². The maximum atomic E-state index is 13.2. The quantitative estimate of drug-likeness (QED) is 0.861. The number of aliphatic hydroxyl groups is 1. The number of likely N-dealkylation sites (tertiary alicyclic amines) is 1. The second-order valence-corrected chi connectivity index (χ2v) is 6.58. The number of ether oxygens (including phenoxy) is 2. The summed E-state index contributed by atoms with van der Waals surface area (Å²) in [5.74, 6) is -0.172. The van der Waals surface area contributed by atoms with Crippen LogP contribution in [0.2, 0.25) is 0 Å². The van der Waals surface area contributed by atoms with Gasteiger partial charge in [0.15, 0.2) is 0 Å². The summed E-state index contributed by atoms with van der Waals surface area (Å²) in [5, 5.41) is 10.7. The van der Waals surface area contributed by atoms with Crippen LogP contribution in [0.3, 0.4) is 0 Å². The smallest absolute Gasteiger partial charge is 0.253 e. The fraction of sp³-hybridized carbons (Fsp3) is 0.350. The van der Waals surface area contributed by atoms with Crippen molar-refractivity contribution in [2.24, 2.45) is 0 Å². The first-order valence-corrected chi connectivity index (χ1v) is 8.47. The van der Waals surface area contributed by atoms with Gasteiger partial charge in [-0.2, -0.15) is 0 Å². The molecule has 1 aliphatic heterocycles. The Bertz CT molecular complexity index is 782. The van der Waals surface area contributed by atoms with Crippen molar-refractivity contribution in [2.75, 3.05) is 26.8 Å². The molecule has 0 spiro atoms. The van der Waals surface area contributed by atoms with Crippen molar-refractivity contribution in [1.29, 1.82) is 0 Å². The molecule has 0 aliphatic carbocycles. The zero-order valence-electron chi connectivity index (χ0n) is 14.7.